The number of benzene rings is 6. The molecular formula is C72H87Cl3F3N6O4PSSi. The SMILES string of the molecule is C[Si](C)(C)OCC1(CC(=S)N2CCc3ccccc3[C@@H]2c2ccc(F)cc2)CCCCC1.Fc1ccc([C@H]2c3ccccc3CCN2C2=NC3(CCCCC3)CO2)cc1.Fc1ccc([C@H]2c3ccccc3CCN2C2=NC3(CCNCC3)CO2)cc1.O=P(Cl)(Cl)Cl.[HH]. The van der Waals surface area contributed by atoms with Crippen molar-refractivity contribution < 1.29 is 33.1 Å². The van der Waals surface area contributed by atoms with Crippen LogP contribution in [0.3, 0.4) is 0 Å². The molecule has 0 aromatic heterocycles. The molecule has 14 rings (SSSR count). The van der Waals surface area contributed by atoms with E-state index in [9.17, 15) is 17.7 Å². The predicted octanol–water partition coefficient (Wildman–Crippen LogP) is 18.5. The maximum atomic E-state index is 13.7. The second-order valence-electron chi connectivity index (χ2n) is 26.8. The zero-order valence-electron chi connectivity index (χ0n) is 52.6. The fourth-order valence-corrected chi connectivity index (χ4v) is 15.9. The molecule has 0 bridgehead atoms. The minimum absolute atomic E-state index is 0. The van der Waals surface area contributed by atoms with Crippen LogP contribution < -0.4 is 5.32 Å². The maximum Gasteiger partial charge on any atom is 0.339 e. The average Bonchev–Trinajstić information content (AvgIpc) is 0.896. The fraction of sp³-hybridized carbons (Fsp3) is 0.458. The summed E-state index contributed by atoms with van der Waals surface area (Å²) in [7, 11) is -1.59. The summed E-state index contributed by atoms with van der Waals surface area (Å²) >= 11 is 20.0. The van der Waals surface area contributed by atoms with Crippen molar-refractivity contribution in [1.29, 1.82) is 0 Å². The molecule has 6 heterocycles. The number of aliphatic imine (C=N–C) groups is 2. The zero-order chi connectivity index (χ0) is 63.8. The van der Waals surface area contributed by atoms with Gasteiger partial charge in [-0.3, -0.25) is 4.57 Å². The largest absolute Gasteiger partial charge is 0.463 e. The van der Waals surface area contributed by atoms with E-state index in [1.165, 1.54) is 96.9 Å². The topological polar surface area (TPSA) is 91.2 Å². The number of hydrogen-bond acceptors (Lipinski definition) is 10. The molecule has 1 N–H and O–H groups in total. The Bertz CT molecular complexity index is 3420. The molecule has 91 heavy (non-hydrogen) atoms. The molecule has 2 spiro atoms. The average molecular weight is 1360 g/mol. The number of nitrogens with one attached hydrogen (secondary N) is 1. The third kappa shape index (κ3) is 17.0. The lowest BCUT2D eigenvalue weighted by Crippen LogP contribution is -2.44. The molecule has 19 heteroatoms. The van der Waals surface area contributed by atoms with Crippen LogP contribution in [0.15, 0.2) is 156 Å². The van der Waals surface area contributed by atoms with Crippen LogP contribution in [0.5, 0.6) is 0 Å². The predicted molar refractivity (Wildman–Crippen MR) is 372 cm³/mol. The van der Waals surface area contributed by atoms with Crippen LogP contribution in [-0.2, 0) is 37.7 Å². The van der Waals surface area contributed by atoms with E-state index in [0.717, 1.165) is 124 Å². The van der Waals surface area contributed by atoms with Crippen LogP contribution in [0.2, 0.25) is 19.6 Å². The third-order valence-electron chi connectivity index (χ3n) is 19.4. The summed E-state index contributed by atoms with van der Waals surface area (Å²) in [5.41, 5.74) is 11.2. The van der Waals surface area contributed by atoms with Crippen molar-refractivity contribution in [2.45, 2.75) is 152 Å². The van der Waals surface area contributed by atoms with Gasteiger partial charge in [-0.05, 0) is 216 Å². The summed E-state index contributed by atoms with van der Waals surface area (Å²) in [5, 5.41) is 0.187. The summed E-state index contributed by atoms with van der Waals surface area (Å²) in [6, 6.07) is 48.0. The van der Waals surface area contributed by atoms with Crippen molar-refractivity contribution in [2.75, 3.05) is 52.5 Å². The molecule has 0 radical (unpaired) electrons. The van der Waals surface area contributed by atoms with Gasteiger partial charge in [0, 0.05) is 34.1 Å². The van der Waals surface area contributed by atoms with Gasteiger partial charge in [-0.25, -0.2) is 23.2 Å². The van der Waals surface area contributed by atoms with Crippen LogP contribution in [0.4, 0.5) is 13.2 Å². The molecule has 6 aromatic carbocycles. The van der Waals surface area contributed by atoms with Crippen molar-refractivity contribution in [3.05, 3.63) is 213 Å². The lowest BCUT2D eigenvalue weighted by molar-refractivity contribution is 0.0963. The normalized spacial score (nSPS) is 21.9. The Labute approximate surface area is 558 Å². The van der Waals surface area contributed by atoms with Gasteiger partial charge >= 0.3 is 5.20 Å². The Morgan fingerprint density at radius 3 is 1.37 bits per heavy atom. The molecule has 3 atom stereocenters. The van der Waals surface area contributed by atoms with Crippen molar-refractivity contribution in [2.24, 2.45) is 15.4 Å². The van der Waals surface area contributed by atoms with E-state index in [2.05, 4.69) is 146 Å². The molecule has 8 aliphatic rings. The van der Waals surface area contributed by atoms with Gasteiger partial charge in [-0.1, -0.05) is 160 Å². The summed E-state index contributed by atoms with van der Waals surface area (Å²) in [5.74, 6) is -0.612. The van der Waals surface area contributed by atoms with Crippen LogP contribution in [0.25, 0.3) is 0 Å². The molecule has 2 aliphatic carbocycles. The zero-order valence-corrected chi connectivity index (χ0v) is 57.5. The molecule has 2 saturated carbocycles. The highest BCUT2D eigenvalue weighted by atomic mass is 36.0. The Hall–Kier alpha value is -5.22. The van der Waals surface area contributed by atoms with Gasteiger partial charge in [0.25, 0.3) is 12.0 Å². The number of piperidine rings is 1. The van der Waals surface area contributed by atoms with Gasteiger partial charge in [0.15, 0.2) is 8.32 Å². The van der Waals surface area contributed by atoms with Crippen LogP contribution in [-0.4, -0.2) is 104 Å². The number of hydrogen-bond donors (Lipinski definition) is 1. The molecule has 10 nitrogen and oxygen atoms in total. The highest BCUT2D eigenvalue weighted by Gasteiger charge is 2.45. The second-order valence-corrected chi connectivity index (χ2v) is 38.5. The number of fused-ring (bicyclic) bond motifs is 3. The number of amidine groups is 2. The Kier molecular flexibility index (Phi) is 21.9. The van der Waals surface area contributed by atoms with E-state index in [4.69, 9.17) is 36.1 Å². The first-order chi connectivity index (χ1) is 43.7. The van der Waals surface area contributed by atoms with Crippen molar-refractivity contribution in [3.8, 4) is 0 Å². The summed E-state index contributed by atoms with van der Waals surface area (Å²) in [6.07, 6.45) is 18.2. The van der Waals surface area contributed by atoms with E-state index in [0.29, 0.717) is 13.2 Å². The van der Waals surface area contributed by atoms with Crippen molar-refractivity contribution >= 4 is 76.5 Å². The van der Waals surface area contributed by atoms with E-state index in [1.807, 2.05) is 36.4 Å². The first kappa shape index (κ1) is 67.2. The number of nitrogens with zero attached hydrogens (tertiary/aromatic N) is 5. The van der Waals surface area contributed by atoms with Crippen molar-refractivity contribution in [1.82, 2.24) is 20.0 Å². The Morgan fingerprint density at radius 2 is 0.945 bits per heavy atom. The van der Waals surface area contributed by atoms with Crippen LogP contribution >= 0.6 is 51.1 Å². The maximum absolute atomic E-state index is 13.7. The fourth-order valence-electron chi connectivity index (χ4n) is 14.7. The highest BCUT2D eigenvalue weighted by Crippen LogP contribution is 2.61. The van der Waals surface area contributed by atoms with E-state index in [-0.39, 0.29) is 53.5 Å². The number of rotatable bonds is 8. The standard InChI is InChI=1S/C27H36FNOSSi.C23H25FN2O.C22H24FN3O.Cl3OP.H2/c1-32(2,3)30-20-27(16-7-4-8-17-27)19-25(31)29-18-15-21-9-5-6-10-24(21)26(29)22-11-13-23(28)14-12-22;24-19-10-8-18(9-11-19)21-20-7-3-2-6-17(20)12-15-26(21)22-25-23(16-27-22)13-4-1-5-14-23;23-18-7-5-17(6-8-18)20-19-4-2-1-3-16(19)9-14-26(20)21-25-22(15-27-21)10-12-24-13-11-22;1-5(2,3)4;/h5-6,9-14,26H,4,7-8,15-20H2,1-3H3;2-3,6-11,21H,1,4-5,12-16H2;1-8,20,24H,9-15H2;;1H/t26-;21-;20-;;/m000../s1. The Morgan fingerprint density at radius 1 is 0.571 bits per heavy atom. The number of halogens is 6. The minimum atomic E-state index is -3.22. The van der Waals surface area contributed by atoms with Gasteiger partial charge < -0.3 is 33.9 Å². The molecule has 6 aliphatic heterocycles. The van der Waals surface area contributed by atoms with E-state index < -0.39 is 13.5 Å². The minimum Gasteiger partial charge on any atom is -0.463 e. The summed E-state index contributed by atoms with van der Waals surface area (Å²) in [6.45, 7) is 13.6. The van der Waals surface area contributed by atoms with Crippen LogP contribution in [0.1, 0.15) is 153 Å². The Balaban J connectivity index is 0.000000145. The first-order valence-electron chi connectivity index (χ1n) is 32.6. The van der Waals surface area contributed by atoms with E-state index >= 15 is 0 Å². The summed E-state index contributed by atoms with van der Waals surface area (Å²) in [4.78, 5) is 18.2. The molecule has 3 fully saturated rings. The summed E-state index contributed by atoms with van der Waals surface area (Å²) < 4.78 is 69.0. The number of ether oxygens (including phenoxy) is 2. The van der Waals surface area contributed by atoms with Gasteiger partial charge in [0.2, 0.25) is 0 Å². The van der Waals surface area contributed by atoms with Gasteiger partial charge in [-0.15, -0.1) is 0 Å². The smallest absolute Gasteiger partial charge is 0.339 e. The van der Waals surface area contributed by atoms with Crippen molar-refractivity contribution in [3.63, 3.8) is 0 Å². The quantitative estimate of drug-likeness (QED) is 0.0909. The molecule has 1 saturated heterocycles. The van der Waals surface area contributed by atoms with Crippen LogP contribution in [0, 0.1) is 22.9 Å². The third-order valence-corrected chi connectivity index (χ3v) is 20.8. The van der Waals surface area contributed by atoms with Gasteiger partial charge in [-0.2, -0.15) is 0 Å². The molecule has 6 aromatic rings. The molecule has 486 valence electrons. The number of thiocarbonyl (C=S) groups is 1. The second kappa shape index (κ2) is 29.6. The lowest BCUT2D eigenvalue weighted by atomic mass is 9.72. The molecule has 0 unspecified atom stereocenters. The van der Waals surface area contributed by atoms with E-state index in [1.54, 1.807) is 24.3 Å². The first-order valence-corrected chi connectivity index (χ1v) is 40.8. The monoisotopic (exact) mass is 1350 g/mol. The molecular weight excluding hydrogens is 1270 g/mol. The lowest BCUT2D eigenvalue weighted by Gasteiger charge is -2.44. The van der Waals surface area contributed by atoms with Gasteiger partial charge in [0.1, 0.15) is 41.7 Å². The molecule has 0 amide bonds. The highest BCUT2D eigenvalue weighted by molar-refractivity contribution is 8.24. The van der Waals surface area contributed by atoms with Gasteiger partial charge in [0.05, 0.1) is 23.1 Å².